The highest BCUT2D eigenvalue weighted by molar-refractivity contribution is 5.42. The van der Waals surface area contributed by atoms with Gasteiger partial charge in [-0.2, -0.15) is 0 Å². The predicted octanol–water partition coefficient (Wildman–Crippen LogP) is 2.71. The SMILES string of the molecule is COc1cc(CCc2cccc(CCC(N)(CO)CO)c2)cc(C)c1C. The van der Waals surface area contributed by atoms with E-state index in [-0.39, 0.29) is 13.2 Å². The average Bonchev–Trinajstić information content (AvgIpc) is 2.67. The van der Waals surface area contributed by atoms with E-state index >= 15 is 0 Å². The number of aryl methyl sites for hydroxylation is 4. The van der Waals surface area contributed by atoms with E-state index in [0.29, 0.717) is 6.42 Å². The molecule has 4 N–H and O–H groups in total. The second kappa shape index (κ2) is 9.17. The first-order valence-electron chi connectivity index (χ1n) is 9.13. The van der Waals surface area contributed by atoms with Crippen LogP contribution in [0.25, 0.3) is 0 Å². The number of nitrogens with two attached hydrogens (primary N) is 1. The standard InChI is InChI=1S/C22H31NO3/c1-16-11-20(13-21(26-3)17(16)2)8-7-18-5-4-6-19(12-18)9-10-22(23,14-24)15-25/h4-6,11-13,24-25H,7-10,14-15,23H2,1-3H3. The second-order valence-corrected chi connectivity index (χ2v) is 7.24. The largest absolute Gasteiger partial charge is 0.496 e. The van der Waals surface area contributed by atoms with E-state index in [1.54, 1.807) is 7.11 Å². The minimum atomic E-state index is -0.911. The van der Waals surface area contributed by atoms with Crippen molar-refractivity contribution in [2.24, 2.45) is 5.73 Å². The maximum absolute atomic E-state index is 9.32. The smallest absolute Gasteiger partial charge is 0.122 e. The molecule has 0 radical (unpaired) electrons. The zero-order valence-electron chi connectivity index (χ0n) is 16.1. The first kappa shape index (κ1) is 20.4. The summed E-state index contributed by atoms with van der Waals surface area (Å²) in [7, 11) is 1.71. The van der Waals surface area contributed by atoms with E-state index in [1.165, 1.54) is 27.8 Å². The van der Waals surface area contributed by atoms with E-state index in [1.807, 2.05) is 0 Å². The van der Waals surface area contributed by atoms with Crippen molar-refractivity contribution in [3.63, 3.8) is 0 Å². The quantitative estimate of drug-likeness (QED) is 0.645. The lowest BCUT2D eigenvalue weighted by Gasteiger charge is -2.24. The summed E-state index contributed by atoms with van der Waals surface area (Å²) in [5.41, 5.74) is 11.2. The Bertz CT molecular complexity index is 723. The van der Waals surface area contributed by atoms with Gasteiger partial charge < -0.3 is 20.7 Å². The van der Waals surface area contributed by atoms with E-state index in [2.05, 4.69) is 50.2 Å². The summed E-state index contributed by atoms with van der Waals surface area (Å²) in [6.45, 7) is 3.77. The molecule has 2 aromatic rings. The number of methoxy groups -OCH3 is 1. The molecule has 0 aliphatic rings. The Balaban J connectivity index is 2.02. The molecule has 0 fully saturated rings. The summed E-state index contributed by atoms with van der Waals surface area (Å²) in [5.74, 6) is 0.945. The van der Waals surface area contributed by atoms with Gasteiger partial charge >= 0.3 is 0 Å². The molecule has 0 aliphatic carbocycles. The van der Waals surface area contributed by atoms with Crippen LogP contribution in [0.3, 0.4) is 0 Å². The number of hydrogen-bond donors (Lipinski definition) is 3. The molecule has 0 aliphatic heterocycles. The first-order chi connectivity index (χ1) is 12.4. The predicted molar refractivity (Wildman–Crippen MR) is 106 cm³/mol. The second-order valence-electron chi connectivity index (χ2n) is 7.24. The molecule has 0 unspecified atom stereocenters. The monoisotopic (exact) mass is 357 g/mol. The Kier molecular flexibility index (Phi) is 7.21. The van der Waals surface area contributed by atoms with Gasteiger partial charge in [0.15, 0.2) is 0 Å². The fourth-order valence-electron chi connectivity index (χ4n) is 3.09. The summed E-state index contributed by atoms with van der Waals surface area (Å²) in [6, 6.07) is 12.8. The molecular weight excluding hydrogens is 326 g/mol. The van der Waals surface area contributed by atoms with Crippen LogP contribution in [0, 0.1) is 13.8 Å². The van der Waals surface area contributed by atoms with Crippen molar-refractivity contribution in [2.45, 2.75) is 45.1 Å². The van der Waals surface area contributed by atoms with Gasteiger partial charge in [0.1, 0.15) is 5.75 Å². The molecule has 0 saturated carbocycles. The van der Waals surface area contributed by atoms with Crippen LogP contribution in [0.4, 0.5) is 0 Å². The molecule has 0 bridgehead atoms. The zero-order chi connectivity index (χ0) is 19.2. The molecule has 0 aromatic heterocycles. The van der Waals surface area contributed by atoms with Crippen LogP contribution in [-0.2, 0) is 19.3 Å². The van der Waals surface area contributed by atoms with Crippen LogP contribution in [0.15, 0.2) is 36.4 Å². The van der Waals surface area contributed by atoms with E-state index in [4.69, 9.17) is 10.5 Å². The number of rotatable bonds is 9. The van der Waals surface area contributed by atoms with Crippen LogP contribution >= 0.6 is 0 Å². The topological polar surface area (TPSA) is 75.7 Å². The first-order valence-corrected chi connectivity index (χ1v) is 9.13. The summed E-state index contributed by atoms with van der Waals surface area (Å²) >= 11 is 0. The number of aliphatic hydroxyl groups excluding tert-OH is 2. The van der Waals surface area contributed by atoms with Gasteiger partial charge in [0, 0.05) is 0 Å². The third-order valence-corrected chi connectivity index (χ3v) is 5.13. The Morgan fingerprint density at radius 1 is 0.923 bits per heavy atom. The van der Waals surface area contributed by atoms with Crippen molar-refractivity contribution in [2.75, 3.05) is 20.3 Å². The number of benzene rings is 2. The molecule has 26 heavy (non-hydrogen) atoms. The summed E-state index contributed by atoms with van der Waals surface area (Å²) in [6.07, 6.45) is 3.20. The molecule has 0 amide bonds. The Labute approximate surface area is 156 Å². The highest BCUT2D eigenvalue weighted by atomic mass is 16.5. The summed E-state index contributed by atoms with van der Waals surface area (Å²) < 4.78 is 5.47. The van der Waals surface area contributed by atoms with Crippen LogP contribution in [0.5, 0.6) is 5.75 Å². The minimum Gasteiger partial charge on any atom is -0.496 e. The third-order valence-electron chi connectivity index (χ3n) is 5.13. The van der Waals surface area contributed by atoms with E-state index in [0.717, 1.165) is 25.0 Å². The molecule has 2 aromatic carbocycles. The summed E-state index contributed by atoms with van der Waals surface area (Å²) in [4.78, 5) is 0. The summed E-state index contributed by atoms with van der Waals surface area (Å²) in [5, 5.41) is 18.6. The van der Waals surface area contributed by atoms with Crippen molar-refractivity contribution in [3.05, 3.63) is 64.2 Å². The van der Waals surface area contributed by atoms with Crippen molar-refractivity contribution in [3.8, 4) is 5.75 Å². The van der Waals surface area contributed by atoms with Gasteiger partial charge in [0.25, 0.3) is 0 Å². The highest BCUT2D eigenvalue weighted by Gasteiger charge is 2.22. The van der Waals surface area contributed by atoms with Gasteiger partial charge in [-0.05, 0) is 73.4 Å². The number of hydrogen-bond acceptors (Lipinski definition) is 4. The van der Waals surface area contributed by atoms with Gasteiger partial charge in [-0.1, -0.05) is 30.3 Å². The van der Waals surface area contributed by atoms with Crippen molar-refractivity contribution in [1.29, 1.82) is 0 Å². The molecule has 0 atom stereocenters. The lowest BCUT2D eigenvalue weighted by Crippen LogP contribution is -2.47. The molecular formula is C22H31NO3. The van der Waals surface area contributed by atoms with Crippen molar-refractivity contribution >= 4 is 0 Å². The molecule has 142 valence electrons. The van der Waals surface area contributed by atoms with Gasteiger partial charge in [-0.25, -0.2) is 0 Å². The molecule has 0 saturated heterocycles. The van der Waals surface area contributed by atoms with E-state index in [9.17, 15) is 10.2 Å². The van der Waals surface area contributed by atoms with Gasteiger partial charge in [0.2, 0.25) is 0 Å². The maximum Gasteiger partial charge on any atom is 0.122 e. The van der Waals surface area contributed by atoms with Gasteiger partial charge in [0.05, 0.1) is 25.9 Å². The Morgan fingerprint density at radius 2 is 1.54 bits per heavy atom. The molecule has 0 heterocycles. The van der Waals surface area contributed by atoms with Crippen molar-refractivity contribution in [1.82, 2.24) is 0 Å². The number of ether oxygens (including phenoxy) is 1. The lowest BCUT2D eigenvalue weighted by atomic mass is 9.92. The fraction of sp³-hybridized carbons (Fsp3) is 0.455. The highest BCUT2D eigenvalue weighted by Crippen LogP contribution is 2.24. The Hall–Kier alpha value is -1.88. The van der Waals surface area contributed by atoms with E-state index < -0.39 is 5.54 Å². The third kappa shape index (κ3) is 5.31. The lowest BCUT2D eigenvalue weighted by molar-refractivity contribution is 0.115. The van der Waals surface area contributed by atoms with Crippen molar-refractivity contribution < 1.29 is 14.9 Å². The number of aliphatic hydroxyl groups is 2. The average molecular weight is 357 g/mol. The fourth-order valence-corrected chi connectivity index (χ4v) is 3.09. The maximum atomic E-state index is 9.32. The molecule has 4 nitrogen and oxygen atoms in total. The van der Waals surface area contributed by atoms with Crippen LogP contribution in [0.1, 0.15) is 34.2 Å². The van der Waals surface area contributed by atoms with Crippen LogP contribution in [-0.4, -0.2) is 36.1 Å². The van der Waals surface area contributed by atoms with Crippen LogP contribution in [0.2, 0.25) is 0 Å². The van der Waals surface area contributed by atoms with Crippen LogP contribution < -0.4 is 10.5 Å². The molecule has 0 spiro atoms. The normalized spacial score (nSPS) is 11.6. The molecule has 2 rings (SSSR count). The molecule has 4 heteroatoms. The van der Waals surface area contributed by atoms with Gasteiger partial charge in [-0.3, -0.25) is 0 Å². The van der Waals surface area contributed by atoms with Gasteiger partial charge in [-0.15, -0.1) is 0 Å². The Morgan fingerprint density at radius 3 is 2.15 bits per heavy atom. The minimum absolute atomic E-state index is 0.211. The zero-order valence-corrected chi connectivity index (χ0v) is 16.1.